The Labute approximate surface area is 203 Å². The summed E-state index contributed by atoms with van der Waals surface area (Å²) in [7, 11) is 1.65. The second kappa shape index (κ2) is 8.28. The van der Waals surface area contributed by atoms with Crippen molar-refractivity contribution >= 4 is 5.91 Å². The molecule has 0 radical (unpaired) electrons. The van der Waals surface area contributed by atoms with Gasteiger partial charge in [-0.05, 0) is 56.0 Å². The fourth-order valence-electron chi connectivity index (χ4n) is 5.55. The molecule has 6 rings (SSSR count). The van der Waals surface area contributed by atoms with Gasteiger partial charge in [0.15, 0.2) is 17.5 Å². The Bertz CT molecular complexity index is 1480. The molecule has 2 atom stereocenters. The van der Waals surface area contributed by atoms with Gasteiger partial charge in [0, 0.05) is 24.2 Å². The Morgan fingerprint density at radius 1 is 1.06 bits per heavy atom. The van der Waals surface area contributed by atoms with Gasteiger partial charge in [0.1, 0.15) is 18.5 Å². The molecular weight excluding hydrogens is 476 g/mol. The van der Waals surface area contributed by atoms with Crippen molar-refractivity contribution < 1.29 is 22.4 Å². The quantitative estimate of drug-likeness (QED) is 0.309. The van der Waals surface area contributed by atoms with E-state index in [4.69, 9.17) is 0 Å². The Morgan fingerprint density at radius 2 is 1.83 bits per heavy atom. The Hall–Kier alpha value is -4.02. The molecule has 36 heavy (non-hydrogen) atoms. The predicted molar refractivity (Wildman–Crippen MR) is 120 cm³/mol. The average Bonchev–Trinajstić information content (AvgIpc) is 3.49. The van der Waals surface area contributed by atoms with Crippen molar-refractivity contribution in [1.82, 2.24) is 29.4 Å². The third-order valence-corrected chi connectivity index (χ3v) is 7.02. The van der Waals surface area contributed by atoms with Crippen molar-refractivity contribution in [2.75, 3.05) is 0 Å². The Morgan fingerprint density at radius 3 is 2.56 bits per heavy atom. The molecule has 2 aromatic heterocycles. The van der Waals surface area contributed by atoms with Crippen LogP contribution < -0.4 is 0 Å². The lowest BCUT2D eigenvalue weighted by atomic mass is 9.81. The smallest absolute Gasteiger partial charge is 0.256 e. The normalized spacial score (nSPS) is 18.9. The summed E-state index contributed by atoms with van der Waals surface area (Å²) in [5, 5.41) is 8.72. The van der Waals surface area contributed by atoms with Gasteiger partial charge >= 0.3 is 0 Å². The lowest BCUT2D eigenvalue weighted by Crippen LogP contribution is -2.50. The third-order valence-electron chi connectivity index (χ3n) is 7.02. The van der Waals surface area contributed by atoms with E-state index in [-0.39, 0.29) is 23.1 Å². The molecule has 1 amide bonds. The first kappa shape index (κ1) is 22.4. The molecule has 4 heterocycles. The minimum absolute atomic E-state index is 0.152. The van der Waals surface area contributed by atoms with Crippen LogP contribution >= 0.6 is 0 Å². The highest BCUT2D eigenvalue weighted by Gasteiger charge is 2.44. The number of amides is 1. The number of carbonyl (C=O) groups excluding carboxylic acids is 1. The largest absolute Gasteiger partial charge is 0.327 e. The van der Waals surface area contributed by atoms with Gasteiger partial charge in [0.25, 0.3) is 5.91 Å². The van der Waals surface area contributed by atoms with Crippen molar-refractivity contribution in [1.29, 1.82) is 0 Å². The highest BCUT2D eigenvalue weighted by atomic mass is 19.2. The number of benzene rings is 2. The van der Waals surface area contributed by atoms with Crippen LogP contribution in [0.2, 0.25) is 0 Å². The van der Waals surface area contributed by atoms with Crippen molar-refractivity contribution in [3.63, 3.8) is 0 Å². The van der Waals surface area contributed by atoms with Crippen LogP contribution in [0, 0.1) is 23.3 Å². The van der Waals surface area contributed by atoms with Gasteiger partial charge in [0.05, 0.1) is 28.7 Å². The van der Waals surface area contributed by atoms with Crippen LogP contribution in [0.25, 0.3) is 16.9 Å². The van der Waals surface area contributed by atoms with Crippen LogP contribution in [0.3, 0.4) is 0 Å². The van der Waals surface area contributed by atoms with Gasteiger partial charge in [-0.3, -0.25) is 9.48 Å². The standard InChI is InChI=1S/C25H20F4N6O/c1-33-24(13-7-18(27)22(29)19(28)8-13)17-10-15-3-2-4-21(23(17)32-33)35(15)25(36)16-9-14(26)5-6-20(16)34-12-30-11-31-34/h5-9,11-12,15,21H,2-4,10H2,1H3. The number of aromatic nitrogens is 5. The highest BCUT2D eigenvalue weighted by Crippen LogP contribution is 2.45. The lowest BCUT2D eigenvalue weighted by Gasteiger charge is -2.45. The molecule has 1 fully saturated rings. The lowest BCUT2D eigenvalue weighted by molar-refractivity contribution is 0.0391. The van der Waals surface area contributed by atoms with E-state index in [1.807, 2.05) is 0 Å². The Balaban J connectivity index is 1.45. The summed E-state index contributed by atoms with van der Waals surface area (Å²) < 4.78 is 58.8. The highest BCUT2D eigenvalue weighted by molar-refractivity contribution is 5.98. The Kier molecular flexibility index (Phi) is 5.16. The van der Waals surface area contributed by atoms with Crippen LogP contribution in [0.4, 0.5) is 17.6 Å². The maximum absolute atomic E-state index is 14.3. The second-order valence-electron chi connectivity index (χ2n) is 9.11. The van der Waals surface area contributed by atoms with Crippen LogP contribution in [0.1, 0.15) is 46.9 Å². The van der Waals surface area contributed by atoms with Crippen LogP contribution in [0.5, 0.6) is 0 Å². The molecule has 0 N–H and O–H groups in total. The summed E-state index contributed by atoms with van der Waals surface area (Å²) in [6.07, 6.45) is 5.36. The number of nitrogens with zero attached hydrogens (tertiary/aromatic N) is 6. The van der Waals surface area contributed by atoms with Gasteiger partial charge in [-0.25, -0.2) is 27.2 Å². The fraction of sp³-hybridized carbons (Fsp3) is 0.280. The van der Waals surface area contributed by atoms with Gasteiger partial charge in [-0.15, -0.1) is 0 Å². The first-order chi connectivity index (χ1) is 17.3. The number of piperidine rings is 1. The van der Waals surface area contributed by atoms with E-state index in [1.165, 1.54) is 40.2 Å². The molecule has 7 nitrogen and oxygen atoms in total. The molecule has 1 saturated heterocycles. The van der Waals surface area contributed by atoms with E-state index in [0.29, 0.717) is 36.3 Å². The predicted octanol–water partition coefficient (Wildman–Crippen LogP) is 4.52. The summed E-state index contributed by atoms with van der Waals surface area (Å²) in [5.41, 5.74) is 2.62. The zero-order valence-electron chi connectivity index (χ0n) is 19.1. The maximum Gasteiger partial charge on any atom is 0.256 e. The van der Waals surface area contributed by atoms with Gasteiger partial charge in [-0.2, -0.15) is 10.2 Å². The zero-order chi connectivity index (χ0) is 25.1. The van der Waals surface area contributed by atoms with Gasteiger partial charge in [-0.1, -0.05) is 0 Å². The number of hydrogen-bond acceptors (Lipinski definition) is 4. The number of halogens is 4. The van der Waals surface area contributed by atoms with Crippen LogP contribution in [-0.2, 0) is 13.5 Å². The average molecular weight is 496 g/mol. The van der Waals surface area contributed by atoms with Crippen molar-refractivity contribution in [2.24, 2.45) is 7.05 Å². The van der Waals surface area contributed by atoms with E-state index >= 15 is 0 Å². The van der Waals surface area contributed by atoms with E-state index in [1.54, 1.807) is 11.9 Å². The molecule has 2 unspecified atom stereocenters. The number of carbonyl (C=O) groups is 1. The minimum Gasteiger partial charge on any atom is -0.327 e. The maximum atomic E-state index is 14.3. The van der Waals surface area contributed by atoms with Crippen LogP contribution in [-0.4, -0.2) is 41.4 Å². The van der Waals surface area contributed by atoms with Gasteiger partial charge < -0.3 is 4.90 Å². The molecule has 2 aromatic carbocycles. The number of rotatable bonds is 3. The van der Waals surface area contributed by atoms with Crippen molar-refractivity contribution in [3.05, 3.63) is 83.1 Å². The number of fused-ring (bicyclic) bond motifs is 4. The van der Waals surface area contributed by atoms with E-state index in [0.717, 1.165) is 24.1 Å². The monoisotopic (exact) mass is 496 g/mol. The van der Waals surface area contributed by atoms with Crippen molar-refractivity contribution in [3.8, 4) is 16.9 Å². The number of aryl methyl sites for hydroxylation is 1. The molecule has 2 aliphatic rings. The second-order valence-corrected chi connectivity index (χ2v) is 9.11. The molecule has 0 aliphatic carbocycles. The summed E-state index contributed by atoms with van der Waals surface area (Å²) in [6.45, 7) is 0. The zero-order valence-corrected chi connectivity index (χ0v) is 19.1. The minimum atomic E-state index is -1.53. The molecule has 11 heteroatoms. The van der Waals surface area contributed by atoms with E-state index in [9.17, 15) is 22.4 Å². The third kappa shape index (κ3) is 3.41. The van der Waals surface area contributed by atoms with E-state index < -0.39 is 29.3 Å². The molecule has 0 saturated carbocycles. The summed E-state index contributed by atoms with van der Waals surface area (Å²) in [6, 6.07) is 5.22. The number of hydrogen-bond donors (Lipinski definition) is 0. The first-order valence-electron chi connectivity index (χ1n) is 11.5. The summed E-state index contributed by atoms with van der Waals surface area (Å²) >= 11 is 0. The molecular formula is C25H20F4N6O. The molecule has 184 valence electrons. The molecule has 0 spiro atoms. The molecule has 2 aliphatic heterocycles. The first-order valence-corrected chi connectivity index (χ1v) is 11.5. The van der Waals surface area contributed by atoms with E-state index in [2.05, 4.69) is 15.2 Å². The molecule has 2 bridgehead atoms. The van der Waals surface area contributed by atoms with Gasteiger partial charge in [0.2, 0.25) is 0 Å². The van der Waals surface area contributed by atoms with Crippen molar-refractivity contribution in [2.45, 2.75) is 37.8 Å². The molecule has 4 aromatic rings. The summed E-state index contributed by atoms with van der Waals surface area (Å²) in [5.74, 6) is -4.99. The SMILES string of the molecule is Cn1nc2c(c1-c1cc(F)c(F)c(F)c1)CC1CCCC2N1C(=O)c1cc(F)ccc1-n1cncn1. The summed E-state index contributed by atoms with van der Waals surface area (Å²) in [4.78, 5) is 19.6. The topological polar surface area (TPSA) is 68.8 Å². The fourth-order valence-corrected chi connectivity index (χ4v) is 5.55. The van der Waals surface area contributed by atoms with Crippen LogP contribution in [0.15, 0.2) is 43.0 Å².